The highest BCUT2D eigenvalue weighted by Crippen LogP contribution is 2.40. The molecule has 11 nitrogen and oxygen atoms in total. The Balaban J connectivity index is 1.51. The second kappa shape index (κ2) is 16.7. The summed E-state index contributed by atoms with van der Waals surface area (Å²) in [4.78, 5) is 23.4. The summed E-state index contributed by atoms with van der Waals surface area (Å²) >= 11 is 0.504. The Morgan fingerprint density at radius 1 is 1.26 bits per heavy atom. The summed E-state index contributed by atoms with van der Waals surface area (Å²) < 4.78 is 14.6. The number of hydrogen-bond donors (Lipinski definition) is 6. The van der Waals surface area contributed by atoms with Crippen molar-refractivity contribution in [2.45, 2.75) is 83.5 Å². The van der Waals surface area contributed by atoms with Gasteiger partial charge in [0.25, 0.3) is 0 Å². The molecule has 0 radical (unpaired) electrons. The van der Waals surface area contributed by atoms with E-state index in [0.717, 1.165) is 44.2 Å². The number of allylic oxidation sites excluding steroid dienone is 4. The van der Waals surface area contributed by atoms with Crippen LogP contribution in [0.4, 0.5) is 0 Å². The number of hydrogen-bond acceptors (Lipinski definition) is 11. The lowest BCUT2D eigenvalue weighted by atomic mass is 9.95. The van der Waals surface area contributed by atoms with Crippen molar-refractivity contribution in [1.29, 1.82) is 0 Å². The third-order valence-electron chi connectivity index (χ3n) is 8.04. The zero-order chi connectivity index (χ0) is 30.5. The average molecular weight is 603 g/mol. The summed E-state index contributed by atoms with van der Waals surface area (Å²) in [5, 5.41) is 7.32. The van der Waals surface area contributed by atoms with Crippen LogP contribution in [-0.2, 0) is 9.53 Å². The molecule has 234 valence electrons. The second-order valence-electron chi connectivity index (χ2n) is 11.8. The van der Waals surface area contributed by atoms with Gasteiger partial charge in [0.2, 0.25) is 5.91 Å². The summed E-state index contributed by atoms with van der Waals surface area (Å²) in [6.45, 7) is 9.40. The quantitative estimate of drug-likeness (QED) is 0.0595. The van der Waals surface area contributed by atoms with Gasteiger partial charge in [-0.2, -0.15) is 0 Å². The number of dihydropyridines is 1. The number of primary amides is 1. The number of ether oxygens (including phenoxy) is 1. The Morgan fingerprint density at radius 2 is 2.05 bits per heavy atom. The first-order valence-corrected chi connectivity index (χ1v) is 15.8. The van der Waals surface area contributed by atoms with Gasteiger partial charge in [0.15, 0.2) is 5.88 Å². The maximum Gasteiger partial charge on any atom is 0.248 e. The zero-order valence-electron chi connectivity index (χ0n) is 25.3. The molecule has 1 saturated heterocycles. The van der Waals surface area contributed by atoms with E-state index in [1.165, 1.54) is 25.7 Å². The predicted octanol–water partition coefficient (Wildman–Crippen LogP) is 3.18. The summed E-state index contributed by atoms with van der Waals surface area (Å²) in [5.41, 5.74) is 17.7. The topological polar surface area (TPSA) is 177 Å². The largest absolute Gasteiger partial charge is 0.479 e. The molecule has 3 unspecified atom stereocenters. The molecular weight excluding hydrogens is 552 g/mol. The van der Waals surface area contributed by atoms with Gasteiger partial charge in [-0.3, -0.25) is 14.7 Å². The first kappa shape index (κ1) is 33.7. The van der Waals surface area contributed by atoms with Crippen molar-refractivity contribution in [2.24, 2.45) is 39.0 Å². The fraction of sp³-hybridized carbons (Fsp3) is 0.633. The molecule has 0 spiro atoms. The molecule has 0 aromatic rings. The molecule has 3 aliphatic rings. The van der Waals surface area contributed by atoms with Crippen LogP contribution in [0, 0.1) is 11.8 Å². The Morgan fingerprint density at radius 3 is 2.74 bits per heavy atom. The van der Waals surface area contributed by atoms with Crippen molar-refractivity contribution in [2.75, 3.05) is 26.2 Å². The third-order valence-corrected chi connectivity index (χ3v) is 8.39. The maximum absolute atomic E-state index is 12.3. The van der Waals surface area contributed by atoms with Gasteiger partial charge in [-0.25, -0.2) is 4.99 Å². The number of nitrogens with zero attached hydrogens (tertiary/aromatic N) is 3. The molecule has 1 aliphatic carbocycles. The lowest BCUT2D eigenvalue weighted by molar-refractivity contribution is -0.115. The number of amides is 1. The van der Waals surface area contributed by atoms with E-state index in [9.17, 15) is 4.79 Å². The van der Waals surface area contributed by atoms with Crippen LogP contribution in [0.15, 0.2) is 56.6 Å². The minimum Gasteiger partial charge on any atom is -0.479 e. The van der Waals surface area contributed by atoms with Crippen LogP contribution in [0.1, 0.15) is 65.7 Å². The van der Waals surface area contributed by atoms with E-state index in [4.69, 9.17) is 26.5 Å². The van der Waals surface area contributed by atoms with Crippen molar-refractivity contribution in [3.63, 3.8) is 0 Å². The molecule has 2 fully saturated rings. The molecule has 2 heterocycles. The van der Waals surface area contributed by atoms with Gasteiger partial charge in [0.1, 0.15) is 12.0 Å². The molecule has 3 rings (SSSR count). The van der Waals surface area contributed by atoms with E-state index in [0.29, 0.717) is 47.5 Å². The SMILES string of the molecule is CCCC(CCOC(N)=CC=NC1=CC=C(C(N)=O)C(N2CC(NCCCN=CC=C(N)SO)CC2(C)C)N1)C1CC1. The van der Waals surface area contributed by atoms with Crippen molar-refractivity contribution in [3.8, 4) is 0 Å². The van der Waals surface area contributed by atoms with E-state index in [-0.39, 0.29) is 11.6 Å². The van der Waals surface area contributed by atoms with Crippen LogP contribution in [-0.4, -0.2) is 71.8 Å². The van der Waals surface area contributed by atoms with Gasteiger partial charge in [-0.1, -0.05) is 19.8 Å². The average Bonchev–Trinajstić information content (AvgIpc) is 3.75. The minimum atomic E-state index is -0.462. The fourth-order valence-electron chi connectivity index (χ4n) is 5.76. The van der Waals surface area contributed by atoms with Crippen LogP contribution in [0.25, 0.3) is 0 Å². The Labute approximate surface area is 255 Å². The number of likely N-dealkylation sites (tertiary alicyclic amines) is 1. The monoisotopic (exact) mass is 602 g/mol. The molecule has 12 heteroatoms. The maximum atomic E-state index is 12.3. The highest BCUT2D eigenvalue weighted by molar-refractivity contribution is 7.97. The summed E-state index contributed by atoms with van der Waals surface area (Å²) in [7, 11) is 0. The van der Waals surface area contributed by atoms with E-state index in [2.05, 4.69) is 46.3 Å². The summed E-state index contributed by atoms with van der Waals surface area (Å²) in [6.07, 6.45) is 17.5. The number of aliphatic imine (C=N–C) groups is 2. The lowest BCUT2D eigenvalue weighted by Crippen LogP contribution is -2.55. The van der Waals surface area contributed by atoms with Gasteiger partial charge in [-0.05, 0) is 82.6 Å². The highest BCUT2D eigenvalue weighted by atomic mass is 32.2. The van der Waals surface area contributed by atoms with Gasteiger partial charge in [0, 0.05) is 55.2 Å². The number of nitrogens with two attached hydrogens (primary N) is 3. The number of carbonyl (C=O) groups is 1. The molecule has 1 saturated carbocycles. The fourth-order valence-corrected chi connectivity index (χ4v) is 5.88. The van der Waals surface area contributed by atoms with E-state index in [1.54, 1.807) is 36.7 Å². The molecule has 3 atom stereocenters. The van der Waals surface area contributed by atoms with Gasteiger partial charge >= 0.3 is 0 Å². The van der Waals surface area contributed by atoms with E-state index < -0.39 is 12.1 Å². The minimum absolute atomic E-state index is 0.188. The second-order valence-corrected chi connectivity index (χ2v) is 12.5. The molecule has 1 amide bonds. The van der Waals surface area contributed by atoms with Gasteiger partial charge in [-0.15, -0.1) is 0 Å². The van der Waals surface area contributed by atoms with Crippen molar-refractivity contribution in [3.05, 3.63) is 46.6 Å². The van der Waals surface area contributed by atoms with Crippen LogP contribution >= 0.6 is 12.0 Å². The van der Waals surface area contributed by atoms with Crippen LogP contribution in [0.5, 0.6) is 0 Å². The molecule has 9 N–H and O–H groups in total. The molecule has 42 heavy (non-hydrogen) atoms. The van der Waals surface area contributed by atoms with E-state index in [1.807, 2.05) is 0 Å². The standard InChI is InChI=1S/C30H50N8O3S/c1-4-6-21(22-7-8-22)13-18-41-25(31)11-17-36-27-10-9-24(28(33)39)29(37-27)38-20-23(19-30(38,2)3)35-15-5-14-34-16-12-26(32)42-40/h9-12,16-17,21-23,29,35,37,40H,4-8,13-15,18-20,31-32H2,1-3H3,(H2,33,39). The van der Waals surface area contributed by atoms with Crippen LogP contribution < -0.4 is 27.8 Å². The van der Waals surface area contributed by atoms with Crippen LogP contribution in [0.2, 0.25) is 0 Å². The Kier molecular flexibility index (Phi) is 13.4. The van der Waals surface area contributed by atoms with Crippen molar-refractivity contribution < 1.29 is 14.1 Å². The van der Waals surface area contributed by atoms with Crippen LogP contribution in [0.3, 0.4) is 0 Å². The number of nitrogens with one attached hydrogen (secondary N) is 2. The molecule has 0 aromatic heterocycles. The first-order chi connectivity index (χ1) is 20.1. The first-order valence-electron chi connectivity index (χ1n) is 15.0. The zero-order valence-corrected chi connectivity index (χ0v) is 26.1. The summed E-state index contributed by atoms with van der Waals surface area (Å²) in [6, 6.07) is 0.246. The molecule has 0 bridgehead atoms. The predicted molar refractivity (Wildman–Crippen MR) is 172 cm³/mol. The van der Waals surface area contributed by atoms with Crippen molar-refractivity contribution >= 4 is 30.4 Å². The highest BCUT2D eigenvalue weighted by Gasteiger charge is 2.44. The number of rotatable bonds is 18. The molecule has 0 aromatic carbocycles. The molecule has 2 aliphatic heterocycles. The smallest absolute Gasteiger partial charge is 0.248 e. The van der Waals surface area contributed by atoms with E-state index >= 15 is 0 Å². The number of carbonyl (C=O) groups excluding carboxylic acids is 1. The Bertz CT molecular complexity index is 1080. The molecular formula is C30H50N8O3S. The Hall–Kier alpha value is -2.80. The van der Waals surface area contributed by atoms with Gasteiger partial charge < -0.3 is 37.1 Å². The third kappa shape index (κ3) is 10.8. The van der Waals surface area contributed by atoms with Crippen molar-refractivity contribution in [1.82, 2.24) is 15.5 Å². The lowest BCUT2D eigenvalue weighted by Gasteiger charge is -2.40. The normalized spacial score (nSPS) is 24.1. The van der Waals surface area contributed by atoms with Gasteiger partial charge in [0.05, 0.1) is 17.2 Å². The summed E-state index contributed by atoms with van der Waals surface area (Å²) in [5.74, 6) is 2.10.